The highest BCUT2D eigenvalue weighted by molar-refractivity contribution is 7.51. The van der Waals surface area contributed by atoms with Gasteiger partial charge >= 0.3 is 7.60 Å². The molecule has 18 heavy (non-hydrogen) atoms. The molecule has 0 spiro atoms. The maximum atomic E-state index is 10.9. The molecule has 1 rings (SSSR count). The van der Waals surface area contributed by atoms with Crippen molar-refractivity contribution in [3.05, 3.63) is 35.9 Å². The largest absolute Gasteiger partial charge is 0.325 e. The van der Waals surface area contributed by atoms with Crippen molar-refractivity contribution in [2.24, 2.45) is 0 Å². The van der Waals surface area contributed by atoms with E-state index in [-0.39, 0.29) is 11.6 Å². The van der Waals surface area contributed by atoms with Gasteiger partial charge in [-0.2, -0.15) is 0 Å². The molecule has 0 radical (unpaired) electrons. The lowest BCUT2D eigenvalue weighted by Crippen LogP contribution is -2.24. The first-order chi connectivity index (χ1) is 8.43. The number of rotatable bonds is 7. The summed E-state index contributed by atoms with van der Waals surface area (Å²) in [7, 11) is -3.86. The van der Waals surface area contributed by atoms with Crippen LogP contribution in [0.3, 0.4) is 0 Å². The molecule has 0 aromatic heterocycles. The van der Waals surface area contributed by atoms with E-state index < -0.39 is 7.60 Å². The fraction of sp³-hybridized carbons (Fsp3) is 0.571. The van der Waals surface area contributed by atoms with E-state index in [1.165, 1.54) is 5.56 Å². The van der Waals surface area contributed by atoms with Crippen LogP contribution < -0.4 is 0 Å². The van der Waals surface area contributed by atoms with Crippen molar-refractivity contribution < 1.29 is 14.4 Å². The maximum absolute atomic E-state index is 10.9. The highest BCUT2D eigenvalue weighted by Gasteiger charge is 2.28. The molecule has 0 heterocycles. The molecule has 102 valence electrons. The normalized spacial score (nSPS) is 12.7. The lowest BCUT2D eigenvalue weighted by Gasteiger charge is -2.32. The standard InChI is InChI=1S/C14H23O3P/c1-3-14(4-2,11-8-12-18(15,16)17)13-9-6-5-7-10-13/h5-7,9-10H,3-4,8,11-12H2,1-2H3,(H2,15,16,17). The second-order valence-corrected chi connectivity index (χ2v) is 6.62. The molecule has 0 saturated carbocycles. The molecule has 4 heteroatoms. The summed E-state index contributed by atoms with van der Waals surface area (Å²) >= 11 is 0. The summed E-state index contributed by atoms with van der Waals surface area (Å²) in [5, 5.41) is 0. The van der Waals surface area contributed by atoms with Gasteiger partial charge in [-0.3, -0.25) is 4.57 Å². The van der Waals surface area contributed by atoms with Crippen molar-refractivity contribution in [3.63, 3.8) is 0 Å². The molecule has 0 bridgehead atoms. The topological polar surface area (TPSA) is 57.5 Å². The average Bonchev–Trinajstić information content (AvgIpc) is 2.35. The summed E-state index contributed by atoms with van der Waals surface area (Å²) in [4.78, 5) is 17.9. The van der Waals surface area contributed by atoms with Crippen LogP contribution in [0.15, 0.2) is 30.3 Å². The maximum Gasteiger partial charge on any atom is 0.325 e. The quantitative estimate of drug-likeness (QED) is 0.743. The highest BCUT2D eigenvalue weighted by atomic mass is 31.2. The molecule has 1 aromatic carbocycles. The summed E-state index contributed by atoms with van der Waals surface area (Å²) in [6, 6.07) is 10.3. The van der Waals surface area contributed by atoms with E-state index in [9.17, 15) is 4.57 Å². The Kier molecular flexibility index (Phi) is 5.58. The Morgan fingerprint density at radius 2 is 1.67 bits per heavy atom. The predicted octanol–water partition coefficient (Wildman–Crippen LogP) is 3.70. The van der Waals surface area contributed by atoms with Crippen LogP contribution in [0.5, 0.6) is 0 Å². The molecule has 0 aliphatic rings. The first-order valence-corrected chi connectivity index (χ1v) is 8.33. The third-order valence-electron chi connectivity index (χ3n) is 3.84. The zero-order chi connectivity index (χ0) is 13.6. The predicted molar refractivity (Wildman–Crippen MR) is 74.8 cm³/mol. The van der Waals surface area contributed by atoms with E-state index in [1.807, 2.05) is 18.2 Å². The zero-order valence-electron chi connectivity index (χ0n) is 11.2. The average molecular weight is 270 g/mol. The lowest BCUT2D eigenvalue weighted by atomic mass is 9.73. The molecule has 0 saturated heterocycles. The van der Waals surface area contributed by atoms with Crippen molar-refractivity contribution in [2.75, 3.05) is 6.16 Å². The van der Waals surface area contributed by atoms with Gasteiger partial charge in [-0.25, -0.2) is 0 Å². The zero-order valence-corrected chi connectivity index (χ0v) is 12.1. The molecule has 0 aliphatic heterocycles. The van der Waals surface area contributed by atoms with Crippen molar-refractivity contribution in [1.29, 1.82) is 0 Å². The Morgan fingerprint density at radius 1 is 1.11 bits per heavy atom. The monoisotopic (exact) mass is 270 g/mol. The first-order valence-electron chi connectivity index (χ1n) is 6.53. The smallest absolute Gasteiger partial charge is 0.324 e. The SMILES string of the molecule is CCC(CC)(CCCP(=O)(O)O)c1ccccc1. The number of benzene rings is 1. The Morgan fingerprint density at radius 3 is 2.11 bits per heavy atom. The fourth-order valence-electron chi connectivity index (χ4n) is 2.57. The van der Waals surface area contributed by atoms with Crippen LogP contribution >= 0.6 is 7.60 Å². The van der Waals surface area contributed by atoms with Crippen LogP contribution in [0.4, 0.5) is 0 Å². The van der Waals surface area contributed by atoms with E-state index in [4.69, 9.17) is 9.79 Å². The van der Waals surface area contributed by atoms with Crippen LogP contribution in [-0.2, 0) is 9.98 Å². The second-order valence-electron chi connectivity index (χ2n) is 4.85. The fourth-order valence-corrected chi connectivity index (χ4v) is 3.14. The third kappa shape index (κ3) is 4.24. The van der Waals surface area contributed by atoms with Crippen molar-refractivity contribution in [1.82, 2.24) is 0 Å². The lowest BCUT2D eigenvalue weighted by molar-refractivity contribution is 0.344. The second kappa shape index (κ2) is 6.51. The molecule has 0 fully saturated rings. The van der Waals surface area contributed by atoms with Gasteiger partial charge in [-0.1, -0.05) is 44.2 Å². The number of hydrogen-bond acceptors (Lipinski definition) is 1. The van der Waals surface area contributed by atoms with Crippen LogP contribution in [0.25, 0.3) is 0 Å². The molecular formula is C14H23O3P. The van der Waals surface area contributed by atoms with E-state index in [2.05, 4.69) is 26.0 Å². The van der Waals surface area contributed by atoms with Crippen molar-refractivity contribution in [2.45, 2.75) is 44.9 Å². The van der Waals surface area contributed by atoms with E-state index in [0.717, 1.165) is 19.3 Å². The summed E-state index contributed by atoms with van der Waals surface area (Å²) in [5.41, 5.74) is 1.33. The van der Waals surface area contributed by atoms with Gasteiger partial charge in [0, 0.05) is 6.16 Å². The van der Waals surface area contributed by atoms with Crippen LogP contribution in [0.1, 0.15) is 45.1 Å². The molecule has 3 nitrogen and oxygen atoms in total. The summed E-state index contributed by atoms with van der Waals surface area (Å²) in [6.07, 6.45) is 3.38. The van der Waals surface area contributed by atoms with E-state index in [0.29, 0.717) is 6.42 Å². The van der Waals surface area contributed by atoms with Crippen LogP contribution in [0, 0.1) is 0 Å². The van der Waals surface area contributed by atoms with Gasteiger partial charge in [0.05, 0.1) is 0 Å². The van der Waals surface area contributed by atoms with Crippen molar-refractivity contribution in [3.8, 4) is 0 Å². The molecule has 0 unspecified atom stereocenters. The summed E-state index contributed by atoms with van der Waals surface area (Å²) < 4.78 is 10.9. The molecule has 0 atom stereocenters. The minimum atomic E-state index is -3.86. The van der Waals surface area contributed by atoms with Gasteiger partial charge in [0.1, 0.15) is 0 Å². The van der Waals surface area contributed by atoms with Gasteiger partial charge in [0.25, 0.3) is 0 Å². The van der Waals surface area contributed by atoms with Crippen LogP contribution in [-0.4, -0.2) is 15.9 Å². The Labute approximate surface area is 109 Å². The van der Waals surface area contributed by atoms with Gasteiger partial charge in [0.15, 0.2) is 0 Å². The Hall–Kier alpha value is -0.630. The van der Waals surface area contributed by atoms with Gasteiger partial charge in [-0.15, -0.1) is 0 Å². The first kappa shape index (κ1) is 15.4. The summed E-state index contributed by atoms with van der Waals surface area (Å²) in [5.74, 6) is 0. The Balaban J connectivity index is 2.79. The van der Waals surface area contributed by atoms with E-state index >= 15 is 0 Å². The summed E-state index contributed by atoms with van der Waals surface area (Å²) in [6.45, 7) is 4.29. The van der Waals surface area contributed by atoms with Crippen LogP contribution in [0.2, 0.25) is 0 Å². The molecular weight excluding hydrogens is 247 g/mol. The molecule has 0 aliphatic carbocycles. The molecule has 2 N–H and O–H groups in total. The van der Waals surface area contributed by atoms with Gasteiger partial charge in [0.2, 0.25) is 0 Å². The molecule has 1 aromatic rings. The van der Waals surface area contributed by atoms with Gasteiger partial charge in [-0.05, 0) is 36.7 Å². The minimum absolute atomic E-state index is 0.0123. The number of hydrogen-bond donors (Lipinski definition) is 2. The van der Waals surface area contributed by atoms with Gasteiger partial charge < -0.3 is 9.79 Å². The third-order valence-corrected chi connectivity index (χ3v) is 4.74. The van der Waals surface area contributed by atoms with E-state index in [1.54, 1.807) is 0 Å². The minimum Gasteiger partial charge on any atom is -0.324 e. The highest BCUT2D eigenvalue weighted by Crippen LogP contribution is 2.40. The molecule has 0 amide bonds. The Bertz CT molecular complexity index is 393. The van der Waals surface area contributed by atoms with Crippen molar-refractivity contribution >= 4 is 7.60 Å².